The number of carbonyl (C=O) groups excluding carboxylic acids is 1. The Labute approximate surface area is 143 Å². The molecule has 0 bridgehead atoms. The molecule has 0 spiro atoms. The fourth-order valence-corrected chi connectivity index (χ4v) is 3.79. The van der Waals surface area contributed by atoms with E-state index in [0.29, 0.717) is 18.6 Å². The molecule has 1 amide bonds. The van der Waals surface area contributed by atoms with E-state index >= 15 is 0 Å². The van der Waals surface area contributed by atoms with Crippen molar-refractivity contribution in [2.24, 2.45) is 5.92 Å². The SMILES string of the molecule is CN(C[C@@H]1CCCCO1)c1ncnc2c1CCN(C(=O)C1CC1)C2. The van der Waals surface area contributed by atoms with Crippen LogP contribution in [0.5, 0.6) is 0 Å². The molecular weight excluding hydrogens is 304 g/mol. The minimum Gasteiger partial charge on any atom is -0.376 e. The smallest absolute Gasteiger partial charge is 0.226 e. The Morgan fingerprint density at radius 3 is 2.96 bits per heavy atom. The molecule has 130 valence electrons. The zero-order chi connectivity index (χ0) is 16.5. The van der Waals surface area contributed by atoms with Crippen molar-refractivity contribution in [1.29, 1.82) is 0 Å². The van der Waals surface area contributed by atoms with Crippen LogP contribution in [0.3, 0.4) is 0 Å². The number of hydrogen-bond donors (Lipinski definition) is 0. The number of fused-ring (bicyclic) bond motifs is 1. The van der Waals surface area contributed by atoms with Crippen LogP contribution in [-0.2, 0) is 22.5 Å². The first-order chi connectivity index (χ1) is 11.7. The Bertz CT molecular complexity index is 611. The Hall–Kier alpha value is -1.69. The van der Waals surface area contributed by atoms with Gasteiger partial charge in [0.05, 0.1) is 18.3 Å². The van der Waals surface area contributed by atoms with Crippen LogP contribution in [0.1, 0.15) is 43.4 Å². The highest BCUT2D eigenvalue weighted by atomic mass is 16.5. The Kier molecular flexibility index (Phi) is 4.39. The van der Waals surface area contributed by atoms with Crippen LogP contribution >= 0.6 is 0 Å². The third-order valence-electron chi connectivity index (χ3n) is 5.34. The van der Waals surface area contributed by atoms with Crippen LogP contribution in [-0.4, -0.2) is 53.6 Å². The van der Waals surface area contributed by atoms with Gasteiger partial charge in [-0.1, -0.05) is 0 Å². The van der Waals surface area contributed by atoms with Crippen molar-refractivity contribution in [3.63, 3.8) is 0 Å². The first kappa shape index (κ1) is 15.8. The van der Waals surface area contributed by atoms with Crippen molar-refractivity contribution in [2.45, 2.75) is 51.2 Å². The second-order valence-corrected chi connectivity index (χ2v) is 7.28. The first-order valence-electron chi connectivity index (χ1n) is 9.16. The number of aromatic nitrogens is 2. The van der Waals surface area contributed by atoms with E-state index in [4.69, 9.17) is 4.74 Å². The predicted molar refractivity (Wildman–Crippen MR) is 90.7 cm³/mol. The van der Waals surface area contributed by atoms with E-state index in [2.05, 4.69) is 21.9 Å². The molecule has 1 aromatic rings. The Morgan fingerprint density at radius 1 is 1.33 bits per heavy atom. The molecule has 24 heavy (non-hydrogen) atoms. The molecule has 3 heterocycles. The number of nitrogens with zero attached hydrogens (tertiary/aromatic N) is 4. The van der Waals surface area contributed by atoms with Gasteiger partial charge in [0.1, 0.15) is 12.1 Å². The molecule has 0 N–H and O–H groups in total. The summed E-state index contributed by atoms with van der Waals surface area (Å²) in [6.07, 6.45) is 8.44. The molecule has 1 atom stereocenters. The number of rotatable bonds is 4. The quantitative estimate of drug-likeness (QED) is 0.842. The monoisotopic (exact) mass is 330 g/mol. The van der Waals surface area contributed by atoms with Gasteiger partial charge in [-0.3, -0.25) is 4.79 Å². The topological polar surface area (TPSA) is 58.6 Å². The van der Waals surface area contributed by atoms with Crippen molar-refractivity contribution in [3.05, 3.63) is 17.6 Å². The normalized spacial score (nSPS) is 23.7. The maximum Gasteiger partial charge on any atom is 0.226 e. The van der Waals surface area contributed by atoms with Gasteiger partial charge in [0.2, 0.25) is 5.91 Å². The number of amides is 1. The third-order valence-corrected chi connectivity index (χ3v) is 5.34. The zero-order valence-electron chi connectivity index (χ0n) is 14.4. The summed E-state index contributed by atoms with van der Waals surface area (Å²) in [5.41, 5.74) is 2.22. The largest absolute Gasteiger partial charge is 0.376 e. The highest BCUT2D eigenvalue weighted by molar-refractivity contribution is 5.81. The average molecular weight is 330 g/mol. The van der Waals surface area contributed by atoms with E-state index < -0.39 is 0 Å². The lowest BCUT2D eigenvalue weighted by Crippen LogP contribution is -2.39. The van der Waals surface area contributed by atoms with Crippen molar-refractivity contribution in [2.75, 3.05) is 31.6 Å². The fourth-order valence-electron chi connectivity index (χ4n) is 3.79. The van der Waals surface area contributed by atoms with Crippen LogP contribution in [0.2, 0.25) is 0 Å². The molecule has 2 fully saturated rings. The second kappa shape index (κ2) is 6.67. The zero-order valence-corrected chi connectivity index (χ0v) is 14.4. The van der Waals surface area contributed by atoms with E-state index in [1.807, 2.05) is 4.90 Å². The van der Waals surface area contributed by atoms with Gasteiger partial charge < -0.3 is 14.5 Å². The Morgan fingerprint density at radius 2 is 2.21 bits per heavy atom. The van der Waals surface area contributed by atoms with Crippen LogP contribution in [0, 0.1) is 5.92 Å². The first-order valence-corrected chi connectivity index (χ1v) is 9.16. The van der Waals surface area contributed by atoms with Crippen molar-refractivity contribution < 1.29 is 9.53 Å². The van der Waals surface area contributed by atoms with E-state index in [-0.39, 0.29) is 5.92 Å². The van der Waals surface area contributed by atoms with Gasteiger partial charge in [-0.25, -0.2) is 9.97 Å². The van der Waals surface area contributed by atoms with Crippen molar-refractivity contribution in [1.82, 2.24) is 14.9 Å². The highest BCUT2D eigenvalue weighted by Gasteiger charge is 2.35. The van der Waals surface area contributed by atoms with E-state index in [1.54, 1.807) is 6.33 Å². The second-order valence-electron chi connectivity index (χ2n) is 7.28. The number of likely N-dealkylation sites (N-methyl/N-ethyl adjacent to an activating group) is 1. The summed E-state index contributed by atoms with van der Waals surface area (Å²) < 4.78 is 5.86. The minimum atomic E-state index is 0.277. The van der Waals surface area contributed by atoms with Gasteiger partial charge in [-0.2, -0.15) is 0 Å². The summed E-state index contributed by atoms with van der Waals surface area (Å²) in [7, 11) is 2.09. The molecule has 2 aliphatic heterocycles. The predicted octanol–water partition coefficient (Wildman–Crippen LogP) is 1.78. The number of ether oxygens (including phenoxy) is 1. The molecule has 3 aliphatic rings. The van der Waals surface area contributed by atoms with Crippen molar-refractivity contribution in [3.8, 4) is 0 Å². The maximum atomic E-state index is 12.3. The van der Waals surface area contributed by atoms with E-state index in [1.165, 1.54) is 18.4 Å². The van der Waals surface area contributed by atoms with Gasteiger partial charge in [0, 0.05) is 38.2 Å². The molecule has 1 saturated heterocycles. The molecule has 0 aromatic carbocycles. The lowest BCUT2D eigenvalue weighted by Gasteiger charge is -2.32. The molecule has 1 aliphatic carbocycles. The van der Waals surface area contributed by atoms with Gasteiger partial charge in [0.25, 0.3) is 0 Å². The summed E-state index contributed by atoms with van der Waals surface area (Å²) in [5, 5.41) is 0. The molecular formula is C18H26N4O2. The highest BCUT2D eigenvalue weighted by Crippen LogP contribution is 2.33. The molecule has 0 unspecified atom stereocenters. The summed E-state index contributed by atoms with van der Waals surface area (Å²) in [6.45, 7) is 3.16. The Balaban J connectivity index is 1.47. The molecule has 1 saturated carbocycles. The van der Waals surface area contributed by atoms with Crippen LogP contribution < -0.4 is 4.90 Å². The lowest BCUT2D eigenvalue weighted by atomic mass is 10.0. The van der Waals surface area contributed by atoms with Crippen LogP contribution in [0.15, 0.2) is 6.33 Å². The standard InChI is InChI=1S/C18H26N4O2/c1-21(10-14-4-2-3-9-24-14)17-15-7-8-22(18(23)13-5-6-13)11-16(15)19-12-20-17/h12-14H,2-11H2,1H3/t14-/m0/s1. The number of carbonyl (C=O) groups is 1. The van der Waals surface area contributed by atoms with E-state index in [9.17, 15) is 4.79 Å². The summed E-state index contributed by atoms with van der Waals surface area (Å²) in [5.74, 6) is 1.59. The number of anilines is 1. The molecule has 1 aromatic heterocycles. The average Bonchev–Trinajstić information content (AvgIpc) is 3.46. The van der Waals surface area contributed by atoms with Gasteiger partial charge >= 0.3 is 0 Å². The molecule has 6 heteroatoms. The van der Waals surface area contributed by atoms with Crippen LogP contribution in [0.4, 0.5) is 5.82 Å². The minimum absolute atomic E-state index is 0.277. The maximum absolute atomic E-state index is 12.3. The lowest BCUT2D eigenvalue weighted by molar-refractivity contribution is -0.133. The molecule has 6 nitrogen and oxygen atoms in total. The van der Waals surface area contributed by atoms with Gasteiger partial charge in [-0.15, -0.1) is 0 Å². The third kappa shape index (κ3) is 3.24. The summed E-state index contributed by atoms with van der Waals surface area (Å²) in [6, 6.07) is 0. The number of hydrogen-bond acceptors (Lipinski definition) is 5. The fraction of sp³-hybridized carbons (Fsp3) is 0.722. The van der Waals surface area contributed by atoms with Gasteiger partial charge in [0.15, 0.2) is 0 Å². The van der Waals surface area contributed by atoms with Crippen molar-refractivity contribution >= 4 is 11.7 Å². The molecule has 4 rings (SSSR count). The van der Waals surface area contributed by atoms with E-state index in [0.717, 1.165) is 56.9 Å². The summed E-state index contributed by atoms with van der Waals surface area (Å²) in [4.78, 5) is 25.5. The summed E-state index contributed by atoms with van der Waals surface area (Å²) >= 11 is 0. The van der Waals surface area contributed by atoms with Gasteiger partial charge in [-0.05, 0) is 38.5 Å². The molecule has 0 radical (unpaired) electrons. The van der Waals surface area contributed by atoms with Crippen LogP contribution in [0.25, 0.3) is 0 Å².